The van der Waals surface area contributed by atoms with Crippen molar-refractivity contribution in [2.75, 3.05) is 11.1 Å². The molecule has 0 fully saturated rings. The average molecular weight is 406 g/mol. The van der Waals surface area contributed by atoms with Crippen LogP contribution >= 0.6 is 28.1 Å². The van der Waals surface area contributed by atoms with Crippen molar-refractivity contribution in [3.8, 4) is 0 Å². The lowest BCUT2D eigenvalue weighted by Gasteiger charge is -2.21. The van der Waals surface area contributed by atoms with Crippen LogP contribution in [0.1, 0.15) is 36.7 Å². The van der Waals surface area contributed by atoms with Crippen molar-refractivity contribution in [1.29, 1.82) is 0 Å². The quantitative estimate of drug-likeness (QED) is 0.509. The summed E-state index contributed by atoms with van der Waals surface area (Å²) in [7, 11) is 0. The second kappa shape index (κ2) is 7.32. The highest BCUT2D eigenvalue weighted by Gasteiger charge is 2.18. The van der Waals surface area contributed by atoms with Crippen molar-refractivity contribution in [2.24, 2.45) is 0 Å². The molecule has 0 saturated heterocycles. The smallest absolute Gasteiger partial charge is 0.257 e. The normalized spacial score (nSPS) is 11.0. The molecule has 126 valence electrons. The number of nitrogens with one attached hydrogen (secondary N) is 2. The molecule has 0 aromatic heterocycles. The molecule has 2 aromatic rings. The Hall–Kier alpha value is -1.92. The van der Waals surface area contributed by atoms with Gasteiger partial charge in [-0.25, -0.2) is 0 Å². The third kappa shape index (κ3) is 4.79. The van der Waals surface area contributed by atoms with Gasteiger partial charge in [-0.3, -0.25) is 10.1 Å². The molecule has 2 aromatic carbocycles. The Labute approximate surface area is 156 Å². The Bertz CT molecular complexity index is 767. The van der Waals surface area contributed by atoms with Crippen LogP contribution in [0.4, 0.5) is 11.4 Å². The molecular weight excluding hydrogens is 386 g/mol. The van der Waals surface area contributed by atoms with E-state index in [1.54, 1.807) is 30.3 Å². The molecular formula is C18H20BrN3OS. The third-order valence-corrected chi connectivity index (χ3v) is 4.30. The molecule has 1 amide bonds. The Balaban J connectivity index is 2.05. The number of halogens is 1. The van der Waals surface area contributed by atoms with Crippen LogP contribution in [0.5, 0.6) is 0 Å². The van der Waals surface area contributed by atoms with Crippen LogP contribution in [-0.2, 0) is 5.41 Å². The topological polar surface area (TPSA) is 67.2 Å². The molecule has 0 heterocycles. The van der Waals surface area contributed by atoms with E-state index in [-0.39, 0.29) is 16.4 Å². The lowest BCUT2D eigenvalue weighted by Crippen LogP contribution is -2.34. The maximum absolute atomic E-state index is 12.3. The number of nitrogens with two attached hydrogens (primary N) is 1. The van der Waals surface area contributed by atoms with Crippen LogP contribution < -0.4 is 16.4 Å². The molecule has 2 rings (SSSR count). The number of amides is 1. The van der Waals surface area contributed by atoms with E-state index in [1.807, 2.05) is 12.1 Å². The fraction of sp³-hybridized carbons (Fsp3) is 0.222. The molecule has 0 unspecified atom stereocenters. The van der Waals surface area contributed by atoms with Gasteiger partial charge in [0.25, 0.3) is 5.91 Å². The zero-order valence-electron chi connectivity index (χ0n) is 13.8. The summed E-state index contributed by atoms with van der Waals surface area (Å²) in [5.74, 6) is -0.260. The van der Waals surface area contributed by atoms with Crippen LogP contribution in [0.25, 0.3) is 0 Å². The Morgan fingerprint density at radius 2 is 1.75 bits per heavy atom. The molecule has 6 heteroatoms. The highest BCUT2D eigenvalue weighted by molar-refractivity contribution is 9.10. The van der Waals surface area contributed by atoms with Gasteiger partial charge in [0, 0.05) is 21.4 Å². The molecule has 0 aliphatic rings. The number of nitrogen functional groups attached to an aromatic ring is 1. The van der Waals surface area contributed by atoms with E-state index in [4.69, 9.17) is 18.0 Å². The number of carbonyl (C=O) groups is 1. The first-order valence-electron chi connectivity index (χ1n) is 7.45. The van der Waals surface area contributed by atoms with Crippen LogP contribution in [0.2, 0.25) is 0 Å². The number of thiocarbonyl (C=S) groups is 1. The zero-order valence-corrected chi connectivity index (χ0v) is 16.2. The Morgan fingerprint density at radius 1 is 1.12 bits per heavy atom. The minimum absolute atomic E-state index is 0.000148. The summed E-state index contributed by atoms with van der Waals surface area (Å²) in [4.78, 5) is 12.3. The van der Waals surface area contributed by atoms with Gasteiger partial charge < -0.3 is 11.1 Å². The summed E-state index contributed by atoms with van der Waals surface area (Å²) in [6.07, 6.45) is 0. The highest BCUT2D eigenvalue weighted by Crippen LogP contribution is 2.30. The van der Waals surface area contributed by atoms with Gasteiger partial charge in [0.1, 0.15) is 0 Å². The maximum atomic E-state index is 12.3. The lowest BCUT2D eigenvalue weighted by molar-refractivity contribution is 0.0977. The number of carbonyl (C=O) groups excluding carboxylic acids is 1. The van der Waals surface area contributed by atoms with Crippen molar-refractivity contribution < 1.29 is 4.79 Å². The van der Waals surface area contributed by atoms with Crippen LogP contribution in [-0.4, -0.2) is 11.0 Å². The third-order valence-electron chi connectivity index (χ3n) is 3.43. The van der Waals surface area contributed by atoms with Crippen LogP contribution in [0.15, 0.2) is 46.9 Å². The fourth-order valence-electron chi connectivity index (χ4n) is 2.17. The SMILES string of the molecule is CC(C)(C)c1ccc(C(=O)NC(=S)Nc2ccc(N)cc2)cc1Br. The van der Waals surface area contributed by atoms with Crippen molar-refractivity contribution in [2.45, 2.75) is 26.2 Å². The van der Waals surface area contributed by atoms with Gasteiger partial charge in [-0.2, -0.15) is 0 Å². The predicted octanol–water partition coefficient (Wildman–Crippen LogP) is 4.46. The van der Waals surface area contributed by atoms with Crippen LogP contribution in [0, 0.1) is 0 Å². The van der Waals surface area contributed by atoms with E-state index < -0.39 is 0 Å². The summed E-state index contributed by atoms with van der Waals surface area (Å²) in [6, 6.07) is 12.7. The number of anilines is 2. The van der Waals surface area contributed by atoms with E-state index in [0.717, 1.165) is 15.7 Å². The van der Waals surface area contributed by atoms with Crippen molar-refractivity contribution in [3.63, 3.8) is 0 Å². The van der Waals surface area contributed by atoms with Gasteiger partial charge in [-0.1, -0.05) is 42.8 Å². The average Bonchev–Trinajstić information content (AvgIpc) is 2.48. The van der Waals surface area contributed by atoms with E-state index in [9.17, 15) is 4.79 Å². The molecule has 0 saturated carbocycles. The molecule has 0 spiro atoms. The largest absolute Gasteiger partial charge is 0.399 e. The van der Waals surface area contributed by atoms with Gasteiger partial charge in [0.15, 0.2) is 5.11 Å². The number of hydrogen-bond acceptors (Lipinski definition) is 3. The van der Waals surface area contributed by atoms with Crippen molar-refractivity contribution >= 4 is 50.5 Å². The molecule has 4 nitrogen and oxygen atoms in total. The van der Waals surface area contributed by atoms with Gasteiger partial charge in [0.2, 0.25) is 0 Å². The van der Waals surface area contributed by atoms with Crippen molar-refractivity contribution in [3.05, 3.63) is 58.1 Å². The first-order chi connectivity index (χ1) is 11.2. The maximum Gasteiger partial charge on any atom is 0.257 e. The van der Waals surface area contributed by atoms with E-state index in [0.29, 0.717) is 11.3 Å². The first-order valence-corrected chi connectivity index (χ1v) is 8.65. The Kier molecular flexibility index (Phi) is 5.62. The molecule has 0 aliphatic carbocycles. The zero-order chi connectivity index (χ0) is 17.9. The second-order valence-electron chi connectivity index (χ2n) is 6.47. The summed E-state index contributed by atoms with van der Waals surface area (Å²) in [5.41, 5.74) is 8.74. The molecule has 0 bridgehead atoms. The lowest BCUT2D eigenvalue weighted by atomic mass is 9.86. The van der Waals surface area contributed by atoms with Crippen molar-refractivity contribution in [1.82, 2.24) is 5.32 Å². The molecule has 0 atom stereocenters. The monoisotopic (exact) mass is 405 g/mol. The molecule has 4 N–H and O–H groups in total. The highest BCUT2D eigenvalue weighted by atomic mass is 79.9. The predicted molar refractivity (Wildman–Crippen MR) is 107 cm³/mol. The fourth-order valence-corrected chi connectivity index (χ4v) is 3.35. The molecule has 0 radical (unpaired) electrons. The molecule has 24 heavy (non-hydrogen) atoms. The van der Waals surface area contributed by atoms with Gasteiger partial charge in [-0.15, -0.1) is 0 Å². The summed E-state index contributed by atoms with van der Waals surface area (Å²) < 4.78 is 0.903. The van der Waals surface area contributed by atoms with Gasteiger partial charge in [-0.05, 0) is 59.6 Å². The first kappa shape index (κ1) is 18.4. The Morgan fingerprint density at radius 3 is 2.29 bits per heavy atom. The standard InChI is InChI=1S/C18H20BrN3OS/c1-18(2,3)14-9-4-11(10-15(14)19)16(23)22-17(24)21-13-7-5-12(20)6-8-13/h4-10H,20H2,1-3H3,(H2,21,22,23,24). The summed E-state index contributed by atoms with van der Waals surface area (Å²) in [6.45, 7) is 6.37. The summed E-state index contributed by atoms with van der Waals surface area (Å²) in [5, 5.41) is 5.86. The van der Waals surface area contributed by atoms with Gasteiger partial charge >= 0.3 is 0 Å². The van der Waals surface area contributed by atoms with E-state index >= 15 is 0 Å². The second-order valence-corrected chi connectivity index (χ2v) is 7.74. The minimum atomic E-state index is -0.260. The number of hydrogen-bond donors (Lipinski definition) is 3. The number of rotatable bonds is 2. The number of benzene rings is 2. The van der Waals surface area contributed by atoms with E-state index in [1.165, 1.54) is 0 Å². The minimum Gasteiger partial charge on any atom is -0.399 e. The summed E-state index contributed by atoms with van der Waals surface area (Å²) >= 11 is 8.71. The van der Waals surface area contributed by atoms with Gasteiger partial charge in [0.05, 0.1) is 0 Å². The molecule has 0 aliphatic heterocycles. The van der Waals surface area contributed by atoms with Crippen LogP contribution in [0.3, 0.4) is 0 Å². The van der Waals surface area contributed by atoms with E-state index in [2.05, 4.69) is 47.3 Å².